The Morgan fingerprint density at radius 2 is 1.63 bits per heavy atom. The fraction of sp³-hybridized carbons (Fsp3) is 0.515. The topological polar surface area (TPSA) is 114 Å². The minimum Gasteiger partial charge on any atom is -0.467 e. The van der Waals surface area contributed by atoms with Gasteiger partial charge in [-0.05, 0) is 60.4 Å². The first-order valence-electron chi connectivity index (χ1n) is 15.2. The summed E-state index contributed by atoms with van der Waals surface area (Å²) in [6.45, 7) is 1.21. The van der Waals surface area contributed by atoms with Gasteiger partial charge < -0.3 is 25.0 Å². The molecular formula is C33H42ClN3O6. The van der Waals surface area contributed by atoms with Gasteiger partial charge in [0.25, 0.3) is 0 Å². The Hall–Kier alpha value is -3.59. The lowest BCUT2D eigenvalue weighted by Gasteiger charge is -2.28. The quantitative estimate of drug-likeness (QED) is 0.347. The van der Waals surface area contributed by atoms with Crippen molar-refractivity contribution in [1.29, 1.82) is 0 Å². The summed E-state index contributed by atoms with van der Waals surface area (Å²) >= 11 is 6.03. The number of nitrogens with zero attached hydrogens (tertiary/aromatic N) is 1. The van der Waals surface area contributed by atoms with E-state index in [0.717, 1.165) is 50.5 Å². The van der Waals surface area contributed by atoms with Crippen LogP contribution in [0.3, 0.4) is 0 Å². The molecule has 0 aromatic heterocycles. The predicted octanol–water partition coefficient (Wildman–Crippen LogP) is 4.97. The van der Waals surface area contributed by atoms with Crippen LogP contribution in [0.1, 0.15) is 68.1 Å². The van der Waals surface area contributed by atoms with Crippen molar-refractivity contribution in [3.05, 3.63) is 70.2 Å². The molecule has 2 aromatic carbocycles. The van der Waals surface area contributed by atoms with Gasteiger partial charge in [0.15, 0.2) is 0 Å². The van der Waals surface area contributed by atoms with Crippen molar-refractivity contribution in [3.8, 4) is 0 Å². The number of hydrogen-bond donors (Lipinski definition) is 2. The smallest absolute Gasteiger partial charge is 0.408 e. The molecule has 1 saturated carbocycles. The maximum absolute atomic E-state index is 13.5. The number of nitrogens with one attached hydrogen (secondary N) is 2. The number of alkyl carbamates (subject to hydrolysis) is 1. The molecule has 0 unspecified atom stereocenters. The van der Waals surface area contributed by atoms with E-state index in [1.807, 2.05) is 17.0 Å². The van der Waals surface area contributed by atoms with Gasteiger partial charge in [-0.15, -0.1) is 0 Å². The number of esters is 1. The Kier molecular flexibility index (Phi) is 12.3. The summed E-state index contributed by atoms with van der Waals surface area (Å²) in [6.07, 6.45) is 6.68. The second-order valence-corrected chi connectivity index (χ2v) is 11.9. The maximum atomic E-state index is 13.5. The molecule has 2 atom stereocenters. The summed E-state index contributed by atoms with van der Waals surface area (Å²) in [7, 11) is 1.25. The van der Waals surface area contributed by atoms with Crippen molar-refractivity contribution >= 4 is 35.5 Å². The average Bonchev–Trinajstić information content (AvgIpc) is 3.24. The Labute approximate surface area is 258 Å². The molecule has 43 heavy (non-hydrogen) atoms. The van der Waals surface area contributed by atoms with Crippen LogP contribution in [0.15, 0.2) is 48.5 Å². The Bertz CT molecular complexity index is 1240. The third kappa shape index (κ3) is 9.99. The van der Waals surface area contributed by atoms with E-state index < -0.39 is 30.1 Å². The highest BCUT2D eigenvalue weighted by atomic mass is 35.5. The first kappa shape index (κ1) is 32.3. The molecule has 3 amide bonds. The fourth-order valence-corrected chi connectivity index (χ4v) is 6.17. The molecule has 0 radical (unpaired) electrons. The van der Waals surface area contributed by atoms with Crippen molar-refractivity contribution in [3.63, 3.8) is 0 Å². The molecule has 0 spiro atoms. The molecule has 0 saturated heterocycles. The number of benzene rings is 2. The summed E-state index contributed by atoms with van der Waals surface area (Å²) in [5.74, 6) is -0.941. The lowest BCUT2D eigenvalue weighted by molar-refractivity contribution is -0.146. The highest BCUT2D eigenvalue weighted by Crippen LogP contribution is 2.27. The molecule has 0 bridgehead atoms. The number of ether oxygens (including phenoxy) is 2. The molecular weight excluding hydrogens is 570 g/mol. The van der Waals surface area contributed by atoms with Gasteiger partial charge in [-0.25, -0.2) is 9.59 Å². The highest BCUT2D eigenvalue weighted by molar-refractivity contribution is 6.30. The van der Waals surface area contributed by atoms with Gasteiger partial charge in [0.1, 0.15) is 18.7 Å². The van der Waals surface area contributed by atoms with Gasteiger partial charge in [-0.2, -0.15) is 0 Å². The van der Waals surface area contributed by atoms with Crippen LogP contribution >= 0.6 is 11.6 Å². The predicted molar refractivity (Wildman–Crippen MR) is 163 cm³/mol. The monoisotopic (exact) mass is 611 g/mol. The van der Waals surface area contributed by atoms with E-state index in [9.17, 15) is 19.2 Å². The number of fused-ring (bicyclic) bond motifs is 1. The molecule has 1 aliphatic carbocycles. The molecule has 1 fully saturated rings. The minimum absolute atomic E-state index is 0.00135. The third-order valence-electron chi connectivity index (χ3n) is 8.38. The van der Waals surface area contributed by atoms with Gasteiger partial charge in [0, 0.05) is 24.5 Å². The highest BCUT2D eigenvalue weighted by Gasteiger charge is 2.31. The van der Waals surface area contributed by atoms with Gasteiger partial charge >= 0.3 is 12.1 Å². The Morgan fingerprint density at radius 3 is 2.28 bits per heavy atom. The van der Waals surface area contributed by atoms with E-state index in [1.54, 1.807) is 24.3 Å². The zero-order chi connectivity index (χ0) is 30.6. The van der Waals surface area contributed by atoms with Crippen molar-refractivity contribution < 1.29 is 28.7 Å². The van der Waals surface area contributed by atoms with Crippen LogP contribution < -0.4 is 10.6 Å². The SMILES string of the molecule is COC(=O)[C@H](CCC(=O)N1CCc2ccccc2CC1)NC(=O)[C@H](CC1CCCCC1)NC(=O)OCc1cccc(Cl)c1. The summed E-state index contributed by atoms with van der Waals surface area (Å²) in [5, 5.41) is 6.00. The summed E-state index contributed by atoms with van der Waals surface area (Å²) in [5.41, 5.74) is 3.22. The van der Waals surface area contributed by atoms with Crippen molar-refractivity contribution in [2.24, 2.45) is 5.92 Å². The number of hydrogen-bond acceptors (Lipinski definition) is 6. The van der Waals surface area contributed by atoms with E-state index in [1.165, 1.54) is 18.2 Å². The third-order valence-corrected chi connectivity index (χ3v) is 8.62. The molecule has 1 aliphatic heterocycles. The van der Waals surface area contributed by atoms with Crippen LogP contribution in [0, 0.1) is 5.92 Å². The summed E-state index contributed by atoms with van der Waals surface area (Å²) in [4.78, 5) is 53.9. The van der Waals surface area contributed by atoms with E-state index in [4.69, 9.17) is 21.1 Å². The number of methoxy groups -OCH3 is 1. The van der Waals surface area contributed by atoms with Crippen LogP contribution in [-0.4, -0.2) is 61.1 Å². The first-order valence-corrected chi connectivity index (χ1v) is 15.6. The van der Waals surface area contributed by atoms with Crippen LogP contribution in [0.2, 0.25) is 5.02 Å². The average molecular weight is 612 g/mol. The van der Waals surface area contributed by atoms with E-state index in [-0.39, 0.29) is 31.3 Å². The molecule has 2 N–H and O–H groups in total. The van der Waals surface area contributed by atoms with Gasteiger partial charge in [-0.3, -0.25) is 9.59 Å². The first-order chi connectivity index (χ1) is 20.8. The number of rotatable bonds is 11. The number of halogens is 1. The van der Waals surface area contributed by atoms with E-state index in [0.29, 0.717) is 24.5 Å². The molecule has 9 nitrogen and oxygen atoms in total. The minimum atomic E-state index is -1.02. The standard InChI is InChI=1S/C33H42ClN3O6/c1-42-32(40)28(14-15-30(38)37-18-16-25-11-5-6-12-26(25)17-19-37)35-31(39)29(21-23-8-3-2-4-9-23)36-33(41)43-22-24-10-7-13-27(34)20-24/h5-7,10-13,20,23,28-29H,2-4,8-9,14-19,21-22H2,1H3,(H,35,39)(H,36,41)/t28-,29-/m0/s1. The molecule has 232 valence electrons. The lowest BCUT2D eigenvalue weighted by Crippen LogP contribution is -2.52. The molecule has 10 heteroatoms. The van der Waals surface area contributed by atoms with E-state index in [2.05, 4.69) is 22.8 Å². The van der Waals surface area contributed by atoms with Gasteiger partial charge in [0.2, 0.25) is 11.8 Å². The van der Waals surface area contributed by atoms with Crippen molar-refractivity contribution in [2.75, 3.05) is 20.2 Å². The fourth-order valence-electron chi connectivity index (χ4n) is 5.95. The maximum Gasteiger partial charge on any atom is 0.408 e. The van der Waals surface area contributed by atoms with Crippen LogP contribution in [0.25, 0.3) is 0 Å². The normalized spacial score (nSPS) is 16.7. The van der Waals surface area contributed by atoms with Crippen LogP contribution in [-0.2, 0) is 43.3 Å². The zero-order valence-electron chi connectivity index (χ0n) is 24.8. The zero-order valence-corrected chi connectivity index (χ0v) is 25.6. The van der Waals surface area contributed by atoms with Crippen molar-refractivity contribution in [2.45, 2.75) is 82.9 Å². The molecule has 1 heterocycles. The van der Waals surface area contributed by atoms with Gasteiger partial charge in [-0.1, -0.05) is 80.1 Å². The summed E-state index contributed by atoms with van der Waals surface area (Å²) < 4.78 is 10.3. The number of carbonyl (C=O) groups is 4. The lowest BCUT2D eigenvalue weighted by atomic mass is 9.84. The Balaban J connectivity index is 1.35. The van der Waals surface area contributed by atoms with Crippen molar-refractivity contribution in [1.82, 2.24) is 15.5 Å². The van der Waals surface area contributed by atoms with E-state index >= 15 is 0 Å². The number of carbonyl (C=O) groups excluding carboxylic acids is 4. The van der Waals surface area contributed by atoms with Crippen LogP contribution in [0.4, 0.5) is 4.79 Å². The van der Waals surface area contributed by atoms with Gasteiger partial charge in [0.05, 0.1) is 7.11 Å². The largest absolute Gasteiger partial charge is 0.467 e. The Morgan fingerprint density at radius 1 is 0.930 bits per heavy atom. The second-order valence-electron chi connectivity index (χ2n) is 11.4. The molecule has 2 aromatic rings. The van der Waals surface area contributed by atoms with Crippen LogP contribution in [0.5, 0.6) is 0 Å². The summed E-state index contributed by atoms with van der Waals surface area (Å²) in [6, 6.07) is 13.3. The second kappa shape index (κ2) is 16.3. The number of amides is 3. The molecule has 4 rings (SSSR count). The molecule has 2 aliphatic rings.